The van der Waals surface area contributed by atoms with Gasteiger partial charge in [0.1, 0.15) is 18.1 Å². The van der Waals surface area contributed by atoms with Crippen LogP contribution >= 0.6 is 47.2 Å². The summed E-state index contributed by atoms with van der Waals surface area (Å²) in [4.78, 5) is 15.1. The van der Waals surface area contributed by atoms with E-state index in [1.807, 2.05) is 36.4 Å². The third kappa shape index (κ3) is 4.94. The minimum Gasteiger partial charge on any atom is -0.495 e. The van der Waals surface area contributed by atoms with Gasteiger partial charge in [-0.1, -0.05) is 71.4 Å². The minimum atomic E-state index is -0.231. The Morgan fingerprint density at radius 1 is 1.00 bits per heavy atom. The molecule has 0 aromatic heterocycles. The standard InChI is InChI=1S/C24H17Cl2NO3S2/c1-29-21-8-3-2-7-19(21)27-23(28)22(32-24(27)31)13-16-12-18(26)9-10-20(16)30-14-15-5-4-6-17(25)11-15/h2-13H,14H2,1H3/b22-13+. The summed E-state index contributed by atoms with van der Waals surface area (Å²) in [5, 5.41) is 1.18. The van der Waals surface area contributed by atoms with Crippen molar-refractivity contribution < 1.29 is 14.3 Å². The first-order chi connectivity index (χ1) is 15.5. The van der Waals surface area contributed by atoms with E-state index in [0.717, 1.165) is 5.56 Å². The molecule has 3 aromatic carbocycles. The van der Waals surface area contributed by atoms with Crippen LogP contribution < -0.4 is 14.4 Å². The number of carbonyl (C=O) groups is 1. The molecule has 1 amide bonds. The van der Waals surface area contributed by atoms with Crippen LogP contribution in [0.2, 0.25) is 10.0 Å². The number of rotatable bonds is 6. The van der Waals surface area contributed by atoms with Gasteiger partial charge < -0.3 is 9.47 Å². The fourth-order valence-electron chi connectivity index (χ4n) is 3.18. The predicted molar refractivity (Wildman–Crippen MR) is 136 cm³/mol. The zero-order chi connectivity index (χ0) is 22.7. The Morgan fingerprint density at radius 2 is 1.78 bits per heavy atom. The molecule has 0 radical (unpaired) electrons. The predicted octanol–water partition coefficient (Wildman–Crippen LogP) is 6.99. The molecule has 3 aromatic rings. The average molecular weight is 502 g/mol. The molecule has 4 rings (SSSR count). The number of halogens is 2. The van der Waals surface area contributed by atoms with Crippen LogP contribution in [-0.4, -0.2) is 17.3 Å². The molecule has 162 valence electrons. The number of hydrogen-bond donors (Lipinski definition) is 0. The van der Waals surface area contributed by atoms with Gasteiger partial charge in [-0.2, -0.15) is 0 Å². The lowest BCUT2D eigenvalue weighted by atomic mass is 10.1. The second-order valence-electron chi connectivity index (χ2n) is 6.79. The molecular formula is C24H17Cl2NO3S2. The highest BCUT2D eigenvalue weighted by Gasteiger charge is 2.35. The maximum atomic E-state index is 13.2. The highest BCUT2D eigenvalue weighted by atomic mass is 35.5. The summed E-state index contributed by atoms with van der Waals surface area (Å²) in [5.41, 5.74) is 2.21. The maximum Gasteiger partial charge on any atom is 0.270 e. The molecule has 4 nitrogen and oxygen atoms in total. The number of thiocarbonyl (C=S) groups is 1. The molecule has 1 fully saturated rings. The third-order valence-electron chi connectivity index (χ3n) is 4.66. The van der Waals surface area contributed by atoms with Gasteiger partial charge in [-0.3, -0.25) is 9.69 Å². The van der Waals surface area contributed by atoms with E-state index < -0.39 is 0 Å². The molecule has 1 saturated heterocycles. The quantitative estimate of drug-likeness (QED) is 0.269. The topological polar surface area (TPSA) is 38.8 Å². The van der Waals surface area contributed by atoms with Crippen molar-refractivity contribution in [3.05, 3.63) is 92.8 Å². The number of hydrogen-bond acceptors (Lipinski definition) is 5. The molecule has 1 heterocycles. The van der Waals surface area contributed by atoms with Crippen LogP contribution in [0, 0.1) is 0 Å². The Labute approximate surface area is 205 Å². The molecule has 8 heteroatoms. The van der Waals surface area contributed by atoms with Crippen molar-refractivity contribution >= 4 is 69.2 Å². The van der Waals surface area contributed by atoms with E-state index in [-0.39, 0.29) is 5.91 Å². The molecule has 1 aliphatic heterocycles. The van der Waals surface area contributed by atoms with Crippen LogP contribution in [0.4, 0.5) is 5.69 Å². The zero-order valence-corrected chi connectivity index (χ0v) is 20.0. The fraction of sp³-hybridized carbons (Fsp3) is 0.0833. The van der Waals surface area contributed by atoms with E-state index in [4.69, 9.17) is 44.9 Å². The van der Waals surface area contributed by atoms with E-state index in [9.17, 15) is 4.79 Å². The Morgan fingerprint density at radius 3 is 2.56 bits per heavy atom. The van der Waals surface area contributed by atoms with Crippen LogP contribution in [0.1, 0.15) is 11.1 Å². The van der Waals surface area contributed by atoms with Crippen molar-refractivity contribution in [3.8, 4) is 11.5 Å². The Bertz CT molecular complexity index is 1230. The number of para-hydroxylation sites is 2. The highest BCUT2D eigenvalue weighted by molar-refractivity contribution is 8.27. The lowest BCUT2D eigenvalue weighted by molar-refractivity contribution is -0.113. The smallest absolute Gasteiger partial charge is 0.270 e. The van der Waals surface area contributed by atoms with Gasteiger partial charge in [-0.25, -0.2) is 0 Å². The number of ether oxygens (including phenoxy) is 2. The Hall–Kier alpha value is -2.51. The zero-order valence-electron chi connectivity index (χ0n) is 16.9. The summed E-state index contributed by atoms with van der Waals surface area (Å²) >= 11 is 19.0. The molecule has 1 aliphatic rings. The number of nitrogens with zero attached hydrogens (tertiary/aromatic N) is 1. The fourth-order valence-corrected chi connectivity index (χ4v) is 4.85. The Balaban J connectivity index is 1.63. The van der Waals surface area contributed by atoms with Gasteiger partial charge in [0.05, 0.1) is 17.7 Å². The molecule has 0 bridgehead atoms. The molecule has 32 heavy (non-hydrogen) atoms. The van der Waals surface area contributed by atoms with Crippen molar-refractivity contribution in [2.45, 2.75) is 6.61 Å². The second kappa shape index (κ2) is 9.96. The van der Waals surface area contributed by atoms with E-state index in [1.54, 1.807) is 43.5 Å². The monoisotopic (exact) mass is 501 g/mol. The second-order valence-corrected chi connectivity index (χ2v) is 9.34. The summed E-state index contributed by atoms with van der Waals surface area (Å²) in [7, 11) is 1.56. The lowest BCUT2D eigenvalue weighted by Gasteiger charge is -2.17. The largest absolute Gasteiger partial charge is 0.495 e. The molecule has 0 saturated carbocycles. The van der Waals surface area contributed by atoms with E-state index in [2.05, 4.69) is 0 Å². The molecule has 0 N–H and O–H groups in total. The van der Waals surface area contributed by atoms with Gasteiger partial charge in [-0.15, -0.1) is 0 Å². The number of amides is 1. The first-order valence-electron chi connectivity index (χ1n) is 9.54. The lowest BCUT2D eigenvalue weighted by Crippen LogP contribution is -2.27. The van der Waals surface area contributed by atoms with Crippen molar-refractivity contribution in [1.29, 1.82) is 0 Å². The molecule has 0 spiro atoms. The Kier molecular flexibility index (Phi) is 7.06. The molecule has 0 unspecified atom stereocenters. The van der Waals surface area contributed by atoms with E-state index in [0.29, 0.717) is 48.6 Å². The van der Waals surface area contributed by atoms with Gasteiger partial charge in [0, 0.05) is 15.6 Å². The number of anilines is 1. The van der Waals surface area contributed by atoms with Gasteiger partial charge in [-0.05, 0) is 54.1 Å². The molecule has 0 aliphatic carbocycles. The summed E-state index contributed by atoms with van der Waals surface area (Å²) in [6.07, 6.45) is 1.74. The molecule has 0 atom stereocenters. The van der Waals surface area contributed by atoms with E-state index in [1.165, 1.54) is 16.7 Å². The summed E-state index contributed by atoms with van der Waals surface area (Å²) < 4.78 is 11.8. The number of thioether (sulfide) groups is 1. The van der Waals surface area contributed by atoms with Crippen molar-refractivity contribution in [1.82, 2.24) is 0 Å². The SMILES string of the molecule is COc1ccccc1N1C(=O)/C(=C\c2cc(Cl)ccc2OCc2cccc(Cl)c2)SC1=S. The van der Waals surface area contributed by atoms with Gasteiger partial charge in [0.2, 0.25) is 0 Å². The van der Waals surface area contributed by atoms with Crippen LogP contribution in [0.3, 0.4) is 0 Å². The van der Waals surface area contributed by atoms with Crippen LogP contribution in [0.5, 0.6) is 11.5 Å². The summed E-state index contributed by atoms with van der Waals surface area (Å²) in [6, 6.07) is 20.0. The van der Waals surface area contributed by atoms with Crippen LogP contribution in [0.15, 0.2) is 71.6 Å². The van der Waals surface area contributed by atoms with Crippen LogP contribution in [0.25, 0.3) is 6.08 Å². The molecular weight excluding hydrogens is 485 g/mol. The van der Waals surface area contributed by atoms with Crippen molar-refractivity contribution in [3.63, 3.8) is 0 Å². The van der Waals surface area contributed by atoms with Gasteiger partial charge in [0.15, 0.2) is 4.32 Å². The van der Waals surface area contributed by atoms with Gasteiger partial charge >= 0.3 is 0 Å². The van der Waals surface area contributed by atoms with Gasteiger partial charge in [0.25, 0.3) is 5.91 Å². The number of benzene rings is 3. The van der Waals surface area contributed by atoms with Crippen molar-refractivity contribution in [2.24, 2.45) is 0 Å². The van der Waals surface area contributed by atoms with Crippen LogP contribution in [-0.2, 0) is 11.4 Å². The first kappa shape index (κ1) is 22.7. The summed E-state index contributed by atoms with van der Waals surface area (Å²) in [6.45, 7) is 0.325. The first-order valence-corrected chi connectivity index (χ1v) is 11.5. The minimum absolute atomic E-state index is 0.231. The third-order valence-corrected chi connectivity index (χ3v) is 6.43. The normalized spacial score (nSPS) is 14.8. The highest BCUT2D eigenvalue weighted by Crippen LogP contribution is 2.40. The number of carbonyl (C=O) groups excluding carboxylic acids is 1. The number of methoxy groups -OCH3 is 1. The van der Waals surface area contributed by atoms with Crippen molar-refractivity contribution in [2.75, 3.05) is 12.0 Å². The van der Waals surface area contributed by atoms with E-state index >= 15 is 0 Å². The summed E-state index contributed by atoms with van der Waals surface area (Å²) in [5.74, 6) is 0.931. The average Bonchev–Trinajstić information content (AvgIpc) is 3.06. The maximum absolute atomic E-state index is 13.2.